The molecule has 0 saturated carbocycles. The van der Waals surface area contributed by atoms with Crippen LogP contribution in [0.3, 0.4) is 0 Å². The first-order valence-corrected chi connectivity index (χ1v) is 5.40. The van der Waals surface area contributed by atoms with Gasteiger partial charge in [0.1, 0.15) is 18.5 Å². The van der Waals surface area contributed by atoms with Crippen molar-refractivity contribution in [3.05, 3.63) is 0 Å². The molecule has 17 heavy (non-hydrogen) atoms. The Morgan fingerprint density at radius 3 is 2.94 bits per heavy atom. The van der Waals surface area contributed by atoms with Crippen molar-refractivity contribution in [3.8, 4) is 0 Å². The van der Waals surface area contributed by atoms with Gasteiger partial charge in [-0.1, -0.05) is 0 Å². The van der Waals surface area contributed by atoms with Crippen LogP contribution in [-0.2, 0) is 4.74 Å². The van der Waals surface area contributed by atoms with Crippen LogP contribution in [0, 0.1) is 0 Å². The average molecular weight is 244 g/mol. The molecule has 0 bridgehead atoms. The van der Waals surface area contributed by atoms with Crippen molar-refractivity contribution in [1.29, 1.82) is 0 Å². The monoisotopic (exact) mass is 244 g/mol. The quantitative estimate of drug-likeness (QED) is 0.454. The van der Waals surface area contributed by atoms with Gasteiger partial charge in [0.15, 0.2) is 5.96 Å². The van der Waals surface area contributed by atoms with E-state index in [2.05, 4.69) is 10.3 Å². The molecule has 8 nitrogen and oxygen atoms in total. The fraction of sp³-hybridized carbons (Fsp3) is 0.778. The molecule has 96 valence electrons. The fourth-order valence-electron chi connectivity index (χ4n) is 2.06. The van der Waals surface area contributed by atoms with Gasteiger partial charge in [0, 0.05) is 6.42 Å². The molecular formula is C9H16N4O4. The van der Waals surface area contributed by atoms with Gasteiger partial charge in [-0.25, -0.2) is 9.79 Å². The van der Waals surface area contributed by atoms with Gasteiger partial charge in [-0.3, -0.25) is 10.2 Å². The Labute approximate surface area is 98.1 Å². The maximum Gasteiger partial charge on any atom is 0.327 e. The number of rotatable bonds is 2. The Hall–Kier alpha value is -1.38. The number of hydrogen-bond acceptors (Lipinski definition) is 6. The van der Waals surface area contributed by atoms with Crippen LogP contribution in [0.15, 0.2) is 4.99 Å². The van der Waals surface area contributed by atoms with Gasteiger partial charge in [0.25, 0.3) is 0 Å². The Balaban J connectivity index is 2.11. The lowest BCUT2D eigenvalue weighted by Gasteiger charge is -2.34. The number of nitrogens with two attached hydrogens (primary N) is 1. The number of aliphatic hydroxyl groups is 2. The topological polar surface area (TPSA) is 120 Å². The van der Waals surface area contributed by atoms with Crippen LogP contribution < -0.4 is 11.1 Å². The highest BCUT2D eigenvalue weighted by atomic mass is 16.5. The van der Waals surface area contributed by atoms with E-state index in [-0.39, 0.29) is 19.0 Å². The fourth-order valence-corrected chi connectivity index (χ4v) is 2.06. The predicted octanol–water partition coefficient (Wildman–Crippen LogP) is -1.86. The number of carbonyl (C=O) groups excluding carboxylic acids is 1. The molecule has 2 aliphatic heterocycles. The van der Waals surface area contributed by atoms with Crippen LogP contribution in [0.5, 0.6) is 0 Å². The molecule has 1 unspecified atom stereocenters. The summed E-state index contributed by atoms with van der Waals surface area (Å²) in [6.07, 6.45) is -2.26. The summed E-state index contributed by atoms with van der Waals surface area (Å²) in [6.45, 7) is 1.42. The molecule has 0 aromatic carbocycles. The number of aliphatic imine (C=N–C) groups is 1. The first kappa shape index (κ1) is 12.1. The zero-order valence-electron chi connectivity index (χ0n) is 9.41. The van der Waals surface area contributed by atoms with Gasteiger partial charge < -0.3 is 20.7 Å². The van der Waals surface area contributed by atoms with Gasteiger partial charge in [0.05, 0.1) is 12.7 Å². The van der Waals surface area contributed by atoms with E-state index >= 15 is 0 Å². The number of carbonyl (C=O) groups is 1. The molecule has 4 atom stereocenters. The summed E-state index contributed by atoms with van der Waals surface area (Å²) in [4.78, 5) is 17.1. The van der Waals surface area contributed by atoms with Crippen molar-refractivity contribution in [1.82, 2.24) is 10.2 Å². The minimum Gasteiger partial charge on any atom is -0.394 e. The Kier molecular flexibility index (Phi) is 3.18. The highest BCUT2D eigenvalue weighted by Gasteiger charge is 2.41. The molecule has 0 spiro atoms. The van der Waals surface area contributed by atoms with Crippen LogP contribution in [-0.4, -0.2) is 58.3 Å². The molecule has 2 amide bonds. The Bertz CT molecular complexity index is 348. The molecule has 5 N–H and O–H groups in total. The number of urea groups is 1. The second-order valence-corrected chi connectivity index (χ2v) is 4.10. The van der Waals surface area contributed by atoms with Crippen LogP contribution in [0.1, 0.15) is 13.3 Å². The summed E-state index contributed by atoms with van der Waals surface area (Å²) in [7, 11) is 0. The standard InChI is InChI=1S/C9H16N4O4/c1-4-11-8(10)12-9(16)13(4)7-2-5(15)6(3-14)17-7/h4-7,14-15H,2-3H2,1H3,(H3,10,11,12,16)/t4?,5-,6-,7-/m1/s1. The number of nitrogens with zero attached hydrogens (tertiary/aromatic N) is 2. The van der Waals surface area contributed by atoms with Gasteiger partial charge >= 0.3 is 6.03 Å². The zero-order valence-corrected chi connectivity index (χ0v) is 9.41. The number of guanidine groups is 1. The molecular weight excluding hydrogens is 228 g/mol. The molecule has 0 aliphatic carbocycles. The van der Waals surface area contributed by atoms with E-state index in [1.165, 1.54) is 4.90 Å². The van der Waals surface area contributed by atoms with Crippen LogP contribution in [0.4, 0.5) is 4.79 Å². The number of aliphatic hydroxyl groups excluding tert-OH is 2. The predicted molar refractivity (Wildman–Crippen MR) is 57.8 cm³/mol. The van der Waals surface area contributed by atoms with Crippen LogP contribution >= 0.6 is 0 Å². The number of amides is 2. The minimum absolute atomic E-state index is 0.0657. The summed E-state index contributed by atoms with van der Waals surface area (Å²) in [5, 5.41) is 21.0. The summed E-state index contributed by atoms with van der Waals surface area (Å²) in [5.41, 5.74) is 5.42. The third-order valence-corrected chi connectivity index (χ3v) is 2.89. The van der Waals surface area contributed by atoms with Crippen LogP contribution in [0.25, 0.3) is 0 Å². The highest BCUT2D eigenvalue weighted by Crippen LogP contribution is 2.25. The van der Waals surface area contributed by atoms with Crippen molar-refractivity contribution in [2.24, 2.45) is 10.7 Å². The molecule has 0 aromatic heterocycles. The summed E-state index contributed by atoms with van der Waals surface area (Å²) >= 11 is 0. The lowest BCUT2D eigenvalue weighted by molar-refractivity contribution is -0.0725. The Morgan fingerprint density at radius 1 is 1.71 bits per heavy atom. The molecule has 0 radical (unpaired) electrons. The van der Waals surface area contributed by atoms with E-state index < -0.39 is 30.6 Å². The normalized spacial score (nSPS) is 37.9. The zero-order chi connectivity index (χ0) is 12.6. The van der Waals surface area contributed by atoms with Crippen molar-refractivity contribution >= 4 is 12.0 Å². The minimum atomic E-state index is -0.784. The van der Waals surface area contributed by atoms with Gasteiger partial charge in [-0.05, 0) is 6.92 Å². The number of nitrogens with one attached hydrogen (secondary N) is 1. The lowest BCUT2D eigenvalue weighted by Crippen LogP contribution is -2.57. The van der Waals surface area contributed by atoms with Gasteiger partial charge in [-0.2, -0.15) is 0 Å². The Morgan fingerprint density at radius 2 is 2.41 bits per heavy atom. The molecule has 2 rings (SSSR count). The first-order valence-electron chi connectivity index (χ1n) is 5.40. The van der Waals surface area contributed by atoms with E-state index in [0.29, 0.717) is 0 Å². The van der Waals surface area contributed by atoms with E-state index in [1.807, 2.05) is 0 Å². The summed E-state index contributed by atoms with van der Waals surface area (Å²) in [6, 6.07) is -0.416. The van der Waals surface area contributed by atoms with Crippen molar-refractivity contribution in [3.63, 3.8) is 0 Å². The van der Waals surface area contributed by atoms with E-state index in [0.717, 1.165) is 0 Å². The van der Waals surface area contributed by atoms with E-state index in [9.17, 15) is 9.90 Å². The van der Waals surface area contributed by atoms with Crippen molar-refractivity contribution < 1.29 is 19.7 Å². The lowest BCUT2D eigenvalue weighted by atomic mass is 10.2. The van der Waals surface area contributed by atoms with Crippen molar-refractivity contribution in [2.45, 2.75) is 37.9 Å². The molecule has 0 aromatic rings. The number of hydrogen-bond donors (Lipinski definition) is 4. The SMILES string of the molecule is CC1N=C(N)NC(=O)N1[C@H]1C[C@@H](O)[C@@H](CO)O1. The van der Waals surface area contributed by atoms with Crippen molar-refractivity contribution in [2.75, 3.05) is 6.61 Å². The van der Waals surface area contributed by atoms with E-state index in [1.54, 1.807) is 6.92 Å². The maximum atomic E-state index is 11.7. The van der Waals surface area contributed by atoms with E-state index in [4.69, 9.17) is 15.6 Å². The second kappa shape index (κ2) is 4.47. The summed E-state index contributed by atoms with van der Waals surface area (Å²) < 4.78 is 5.39. The largest absolute Gasteiger partial charge is 0.394 e. The maximum absolute atomic E-state index is 11.7. The number of ether oxygens (including phenoxy) is 1. The molecule has 1 saturated heterocycles. The first-order chi connectivity index (χ1) is 8.02. The molecule has 1 fully saturated rings. The summed E-state index contributed by atoms with van der Waals surface area (Å²) in [5.74, 6) is 0.0657. The third-order valence-electron chi connectivity index (χ3n) is 2.89. The van der Waals surface area contributed by atoms with Crippen LogP contribution in [0.2, 0.25) is 0 Å². The molecule has 8 heteroatoms. The third kappa shape index (κ3) is 2.19. The second-order valence-electron chi connectivity index (χ2n) is 4.10. The highest BCUT2D eigenvalue weighted by molar-refractivity contribution is 5.97. The molecule has 2 aliphatic rings. The smallest absolute Gasteiger partial charge is 0.327 e. The van der Waals surface area contributed by atoms with Gasteiger partial charge in [-0.15, -0.1) is 0 Å². The van der Waals surface area contributed by atoms with Gasteiger partial charge in [0.2, 0.25) is 0 Å². The molecule has 2 heterocycles. The average Bonchev–Trinajstić information content (AvgIpc) is 2.57.